The summed E-state index contributed by atoms with van der Waals surface area (Å²) in [6.07, 6.45) is 5.97. The standard InChI is InChI=1S/C17H28N4O2/c1-17(2,21-9-11-23-12-10-21)16(22)20-7-4-5-14(13-20)15-18-6-8-19(15)3/h6,8,14H,4-5,7,9-13H2,1-3H3/t14-/m0/s1. The van der Waals surface area contributed by atoms with Crippen molar-refractivity contribution in [1.82, 2.24) is 19.4 Å². The van der Waals surface area contributed by atoms with Crippen LogP contribution in [-0.4, -0.2) is 70.2 Å². The van der Waals surface area contributed by atoms with Gasteiger partial charge < -0.3 is 14.2 Å². The average Bonchev–Trinajstić information content (AvgIpc) is 3.01. The van der Waals surface area contributed by atoms with Crippen LogP contribution < -0.4 is 0 Å². The number of aryl methyl sites for hydroxylation is 1. The number of nitrogens with zero attached hydrogens (tertiary/aromatic N) is 4. The van der Waals surface area contributed by atoms with E-state index in [1.54, 1.807) is 0 Å². The first-order valence-electron chi connectivity index (χ1n) is 8.59. The minimum absolute atomic E-state index is 0.235. The van der Waals surface area contributed by atoms with E-state index in [0.29, 0.717) is 19.1 Å². The number of amides is 1. The maximum atomic E-state index is 13.1. The van der Waals surface area contributed by atoms with Crippen LogP contribution in [0.5, 0.6) is 0 Å². The van der Waals surface area contributed by atoms with Gasteiger partial charge in [0.05, 0.1) is 18.8 Å². The topological polar surface area (TPSA) is 50.6 Å². The lowest BCUT2D eigenvalue weighted by atomic mass is 9.93. The van der Waals surface area contributed by atoms with Gasteiger partial charge >= 0.3 is 0 Å². The van der Waals surface area contributed by atoms with Crippen molar-refractivity contribution >= 4 is 5.91 Å². The molecule has 2 fully saturated rings. The number of rotatable bonds is 3. The first kappa shape index (κ1) is 16.5. The van der Waals surface area contributed by atoms with E-state index in [2.05, 4.69) is 14.5 Å². The van der Waals surface area contributed by atoms with Gasteiger partial charge in [0.15, 0.2) is 0 Å². The molecule has 2 aliphatic rings. The summed E-state index contributed by atoms with van der Waals surface area (Å²) in [5, 5.41) is 0. The number of ether oxygens (including phenoxy) is 1. The number of carbonyl (C=O) groups excluding carboxylic acids is 1. The number of hydrogen-bond acceptors (Lipinski definition) is 4. The molecule has 23 heavy (non-hydrogen) atoms. The van der Waals surface area contributed by atoms with Gasteiger partial charge in [-0.05, 0) is 26.7 Å². The van der Waals surface area contributed by atoms with Crippen molar-refractivity contribution in [3.8, 4) is 0 Å². The Bertz CT molecular complexity index is 549. The molecule has 3 heterocycles. The predicted octanol–water partition coefficient (Wildman–Crippen LogP) is 1.24. The number of hydrogen-bond donors (Lipinski definition) is 0. The molecule has 3 rings (SSSR count). The van der Waals surface area contributed by atoms with Gasteiger partial charge in [-0.3, -0.25) is 9.69 Å². The maximum absolute atomic E-state index is 13.1. The molecular formula is C17H28N4O2. The predicted molar refractivity (Wildman–Crippen MR) is 88.2 cm³/mol. The fourth-order valence-corrected chi connectivity index (χ4v) is 3.79. The van der Waals surface area contributed by atoms with Crippen LogP contribution in [0.15, 0.2) is 12.4 Å². The van der Waals surface area contributed by atoms with E-state index in [4.69, 9.17) is 4.74 Å². The molecule has 6 nitrogen and oxygen atoms in total. The van der Waals surface area contributed by atoms with Crippen molar-refractivity contribution in [2.24, 2.45) is 7.05 Å². The van der Waals surface area contributed by atoms with Crippen molar-refractivity contribution < 1.29 is 9.53 Å². The maximum Gasteiger partial charge on any atom is 0.242 e. The van der Waals surface area contributed by atoms with Gasteiger partial charge in [0.25, 0.3) is 0 Å². The van der Waals surface area contributed by atoms with Gasteiger partial charge in [-0.15, -0.1) is 0 Å². The monoisotopic (exact) mass is 320 g/mol. The van der Waals surface area contributed by atoms with Crippen LogP contribution in [0.1, 0.15) is 38.4 Å². The molecule has 1 atom stereocenters. The molecule has 0 bridgehead atoms. The highest BCUT2D eigenvalue weighted by Crippen LogP contribution is 2.28. The summed E-state index contributed by atoms with van der Waals surface area (Å²) in [7, 11) is 2.03. The summed E-state index contributed by atoms with van der Waals surface area (Å²) in [6.45, 7) is 8.81. The van der Waals surface area contributed by atoms with E-state index in [1.807, 2.05) is 38.2 Å². The third-order valence-electron chi connectivity index (χ3n) is 5.26. The quantitative estimate of drug-likeness (QED) is 0.841. The van der Waals surface area contributed by atoms with Gasteiger partial charge in [0, 0.05) is 51.5 Å². The molecule has 2 aliphatic heterocycles. The number of imidazole rings is 1. The molecule has 1 aromatic heterocycles. The Balaban J connectivity index is 1.70. The summed E-state index contributed by atoms with van der Waals surface area (Å²) in [6, 6.07) is 0. The Kier molecular flexibility index (Phi) is 4.73. The molecule has 6 heteroatoms. The van der Waals surface area contributed by atoms with E-state index in [9.17, 15) is 4.79 Å². The Morgan fingerprint density at radius 1 is 1.30 bits per heavy atom. The molecule has 0 N–H and O–H groups in total. The second kappa shape index (κ2) is 6.61. The highest BCUT2D eigenvalue weighted by Gasteiger charge is 2.40. The minimum Gasteiger partial charge on any atom is -0.379 e. The van der Waals surface area contributed by atoms with Crippen molar-refractivity contribution in [3.05, 3.63) is 18.2 Å². The molecule has 0 aromatic carbocycles. The first-order valence-corrected chi connectivity index (χ1v) is 8.59. The summed E-state index contributed by atoms with van der Waals surface area (Å²) in [5.74, 6) is 1.66. The van der Waals surface area contributed by atoms with Crippen molar-refractivity contribution in [2.45, 2.75) is 38.1 Å². The Morgan fingerprint density at radius 2 is 2.04 bits per heavy atom. The number of morpholine rings is 1. The van der Waals surface area contributed by atoms with Crippen LogP contribution in [0.25, 0.3) is 0 Å². The lowest BCUT2D eigenvalue weighted by Gasteiger charge is -2.44. The number of likely N-dealkylation sites (tertiary alicyclic amines) is 1. The second-order valence-corrected chi connectivity index (χ2v) is 7.15. The SMILES string of the molecule is Cn1ccnc1[C@H]1CCCN(C(=O)C(C)(C)N2CCOCC2)C1. The van der Waals surface area contributed by atoms with Gasteiger partial charge in [0.2, 0.25) is 5.91 Å². The zero-order chi connectivity index (χ0) is 16.4. The van der Waals surface area contributed by atoms with Gasteiger partial charge in [-0.25, -0.2) is 4.98 Å². The molecule has 1 aromatic rings. The van der Waals surface area contributed by atoms with Gasteiger partial charge in [0.1, 0.15) is 5.82 Å². The third kappa shape index (κ3) is 3.28. The van der Waals surface area contributed by atoms with Crippen LogP contribution in [0.3, 0.4) is 0 Å². The molecule has 0 spiro atoms. The molecule has 0 radical (unpaired) electrons. The van der Waals surface area contributed by atoms with E-state index < -0.39 is 5.54 Å². The van der Waals surface area contributed by atoms with Gasteiger partial charge in [-0.2, -0.15) is 0 Å². The molecular weight excluding hydrogens is 292 g/mol. The van der Waals surface area contributed by atoms with Crippen LogP contribution in [0.4, 0.5) is 0 Å². The fraction of sp³-hybridized carbons (Fsp3) is 0.765. The summed E-state index contributed by atoms with van der Waals surface area (Å²) >= 11 is 0. The highest BCUT2D eigenvalue weighted by atomic mass is 16.5. The summed E-state index contributed by atoms with van der Waals surface area (Å²) in [5.41, 5.74) is -0.465. The smallest absolute Gasteiger partial charge is 0.242 e. The van der Waals surface area contributed by atoms with Crippen molar-refractivity contribution in [3.63, 3.8) is 0 Å². The van der Waals surface area contributed by atoms with Crippen LogP contribution >= 0.6 is 0 Å². The number of carbonyl (C=O) groups is 1. The Morgan fingerprint density at radius 3 is 2.70 bits per heavy atom. The molecule has 2 saturated heterocycles. The van der Waals surface area contributed by atoms with E-state index in [-0.39, 0.29) is 5.91 Å². The zero-order valence-corrected chi connectivity index (χ0v) is 14.5. The minimum atomic E-state index is -0.465. The Hall–Kier alpha value is -1.40. The molecule has 128 valence electrons. The molecule has 0 unspecified atom stereocenters. The Labute approximate surface area is 138 Å². The lowest BCUT2D eigenvalue weighted by Crippen LogP contribution is -2.60. The van der Waals surface area contributed by atoms with Crippen LogP contribution in [0, 0.1) is 0 Å². The molecule has 0 saturated carbocycles. The van der Waals surface area contributed by atoms with E-state index >= 15 is 0 Å². The number of piperidine rings is 1. The van der Waals surface area contributed by atoms with Gasteiger partial charge in [-0.1, -0.05) is 0 Å². The largest absolute Gasteiger partial charge is 0.379 e. The lowest BCUT2D eigenvalue weighted by molar-refractivity contribution is -0.146. The average molecular weight is 320 g/mol. The molecule has 0 aliphatic carbocycles. The van der Waals surface area contributed by atoms with Crippen molar-refractivity contribution in [1.29, 1.82) is 0 Å². The zero-order valence-electron chi connectivity index (χ0n) is 14.5. The normalized spacial score (nSPS) is 24.0. The van der Waals surface area contributed by atoms with E-state index in [1.165, 1.54) is 0 Å². The molecule has 1 amide bonds. The number of aromatic nitrogens is 2. The van der Waals surface area contributed by atoms with Crippen LogP contribution in [0.2, 0.25) is 0 Å². The van der Waals surface area contributed by atoms with Crippen LogP contribution in [-0.2, 0) is 16.6 Å². The first-order chi connectivity index (χ1) is 11.0. The fourth-order valence-electron chi connectivity index (χ4n) is 3.79. The third-order valence-corrected chi connectivity index (χ3v) is 5.26. The second-order valence-electron chi connectivity index (χ2n) is 7.15. The van der Waals surface area contributed by atoms with Crippen molar-refractivity contribution in [2.75, 3.05) is 39.4 Å². The highest BCUT2D eigenvalue weighted by molar-refractivity contribution is 5.85. The summed E-state index contributed by atoms with van der Waals surface area (Å²) in [4.78, 5) is 21.9. The van der Waals surface area contributed by atoms with E-state index in [0.717, 1.165) is 44.8 Å². The summed E-state index contributed by atoms with van der Waals surface area (Å²) < 4.78 is 7.50.